The number of benzene rings is 3. The van der Waals surface area contributed by atoms with Crippen LogP contribution < -0.4 is 5.32 Å². The molecule has 0 fully saturated rings. The van der Waals surface area contributed by atoms with Gasteiger partial charge in [-0.1, -0.05) is 30.7 Å². The van der Waals surface area contributed by atoms with Crippen molar-refractivity contribution < 1.29 is 22.4 Å². The maximum Gasteiger partial charge on any atom is 0.251 e. The molecule has 4 rings (SSSR count). The van der Waals surface area contributed by atoms with Gasteiger partial charge in [-0.25, -0.2) is 22.5 Å². The first kappa shape index (κ1) is 25.1. The highest BCUT2D eigenvalue weighted by molar-refractivity contribution is 5.95. The van der Waals surface area contributed by atoms with Gasteiger partial charge in [-0.05, 0) is 54.7 Å². The number of nitrogens with one attached hydrogen (secondary N) is 3. The highest BCUT2D eigenvalue weighted by Gasteiger charge is 2.20. The number of alkyl halides is 1. The fraction of sp³-hybridized carbons (Fsp3) is 0.222. The molecular formula is C27H24F4N4O. The van der Waals surface area contributed by atoms with Crippen molar-refractivity contribution >= 4 is 22.7 Å². The lowest BCUT2D eigenvalue weighted by atomic mass is 10.0. The minimum absolute atomic E-state index is 0.00603. The van der Waals surface area contributed by atoms with E-state index in [2.05, 4.69) is 15.3 Å². The summed E-state index contributed by atoms with van der Waals surface area (Å²) in [5.74, 6) is -2.40. The lowest BCUT2D eigenvalue weighted by Gasteiger charge is -2.17. The number of unbranched alkanes of at least 4 members (excludes halogenated alkanes) is 1. The Morgan fingerprint density at radius 1 is 0.944 bits per heavy atom. The quantitative estimate of drug-likeness (QED) is 0.130. The van der Waals surface area contributed by atoms with Gasteiger partial charge in [0.1, 0.15) is 18.3 Å². The summed E-state index contributed by atoms with van der Waals surface area (Å²) in [4.78, 5) is 20.3. The average molecular weight is 497 g/mol. The van der Waals surface area contributed by atoms with Crippen LogP contribution in [-0.4, -0.2) is 28.3 Å². The smallest absolute Gasteiger partial charge is 0.251 e. The van der Waals surface area contributed by atoms with Gasteiger partial charge >= 0.3 is 0 Å². The standard InChI is InChI=1S/C27H24F4N4O/c28-15-20(32)3-1-2-4-23(26-33-24-13-21(30)22(31)14-25(24)34-26)35-27(36)18-7-5-16(6-8-18)17-9-11-19(29)12-10-17/h5-14,23,32H,1-4,15H2,(H,33,34)(H,35,36)/t23-/m0/s1. The third-order valence-electron chi connectivity index (χ3n) is 5.88. The SMILES string of the molecule is N=C(CF)CCCC[C@H](NC(=O)c1ccc(-c2ccc(F)cc2)cc1)c1nc2cc(F)c(F)cc2[nH]1. The Morgan fingerprint density at radius 3 is 2.25 bits per heavy atom. The van der Waals surface area contributed by atoms with Gasteiger partial charge in [0.15, 0.2) is 11.6 Å². The van der Waals surface area contributed by atoms with E-state index in [0.717, 1.165) is 23.3 Å². The van der Waals surface area contributed by atoms with Crippen LogP contribution in [0.15, 0.2) is 60.7 Å². The summed E-state index contributed by atoms with van der Waals surface area (Å²) in [5.41, 5.74) is 2.54. The van der Waals surface area contributed by atoms with Crippen LogP contribution in [0.5, 0.6) is 0 Å². The molecule has 4 aromatic rings. The van der Waals surface area contributed by atoms with Crippen molar-refractivity contribution in [2.75, 3.05) is 6.67 Å². The molecule has 3 aromatic carbocycles. The summed E-state index contributed by atoms with van der Waals surface area (Å²) in [6.45, 7) is -0.797. The second kappa shape index (κ2) is 11.2. The molecule has 9 heteroatoms. The molecule has 0 bridgehead atoms. The second-order valence-electron chi connectivity index (χ2n) is 8.50. The van der Waals surface area contributed by atoms with E-state index in [9.17, 15) is 22.4 Å². The van der Waals surface area contributed by atoms with Crippen LogP contribution in [0.2, 0.25) is 0 Å². The van der Waals surface area contributed by atoms with Gasteiger partial charge in [0.2, 0.25) is 0 Å². The van der Waals surface area contributed by atoms with E-state index in [1.54, 1.807) is 36.4 Å². The number of aromatic nitrogens is 2. The molecule has 0 spiro atoms. The Morgan fingerprint density at radius 2 is 1.58 bits per heavy atom. The topological polar surface area (TPSA) is 81.6 Å². The molecule has 0 saturated carbocycles. The first-order chi connectivity index (χ1) is 17.3. The van der Waals surface area contributed by atoms with Crippen molar-refractivity contribution in [3.05, 3.63) is 89.5 Å². The Kier molecular flexibility index (Phi) is 7.77. The molecule has 5 nitrogen and oxygen atoms in total. The molecule has 0 saturated heterocycles. The van der Waals surface area contributed by atoms with E-state index in [1.807, 2.05) is 0 Å². The van der Waals surface area contributed by atoms with Crippen molar-refractivity contribution in [1.82, 2.24) is 15.3 Å². The first-order valence-electron chi connectivity index (χ1n) is 11.5. The molecule has 0 aliphatic rings. The normalized spacial score (nSPS) is 12.0. The second-order valence-corrected chi connectivity index (χ2v) is 8.50. The maximum absolute atomic E-state index is 13.7. The summed E-state index contributed by atoms with van der Waals surface area (Å²) < 4.78 is 53.1. The fourth-order valence-corrected chi connectivity index (χ4v) is 3.92. The van der Waals surface area contributed by atoms with Gasteiger partial charge < -0.3 is 15.7 Å². The molecule has 0 aliphatic carbocycles. The Labute approximate surface area is 205 Å². The van der Waals surface area contributed by atoms with Crippen molar-refractivity contribution in [2.24, 2.45) is 0 Å². The number of carbonyl (C=O) groups excluding carboxylic acids is 1. The highest BCUT2D eigenvalue weighted by Crippen LogP contribution is 2.24. The minimum atomic E-state index is -1.02. The van der Waals surface area contributed by atoms with Crippen LogP contribution in [-0.2, 0) is 0 Å². The monoisotopic (exact) mass is 496 g/mol. The number of nitrogens with zero attached hydrogens (tertiary/aromatic N) is 1. The van der Waals surface area contributed by atoms with E-state index in [4.69, 9.17) is 5.41 Å². The molecule has 1 aromatic heterocycles. The zero-order valence-electron chi connectivity index (χ0n) is 19.3. The average Bonchev–Trinajstić information content (AvgIpc) is 3.28. The van der Waals surface area contributed by atoms with Crippen LogP contribution in [0.4, 0.5) is 17.6 Å². The van der Waals surface area contributed by atoms with E-state index >= 15 is 0 Å². The van der Waals surface area contributed by atoms with E-state index in [1.165, 1.54) is 12.1 Å². The van der Waals surface area contributed by atoms with E-state index in [0.29, 0.717) is 42.6 Å². The lowest BCUT2D eigenvalue weighted by Crippen LogP contribution is -2.29. The number of imidazole rings is 1. The van der Waals surface area contributed by atoms with Gasteiger partial charge in [-0.2, -0.15) is 0 Å². The number of aromatic amines is 1. The molecule has 1 amide bonds. The lowest BCUT2D eigenvalue weighted by molar-refractivity contribution is 0.0932. The summed E-state index contributed by atoms with van der Waals surface area (Å²) >= 11 is 0. The van der Waals surface area contributed by atoms with Gasteiger partial charge in [-0.15, -0.1) is 0 Å². The molecule has 186 valence electrons. The van der Waals surface area contributed by atoms with Gasteiger partial charge in [0.05, 0.1) is 17.1 Å². The predicted molar refractivity (Wildman–Crippen MR) is 130 cm³/mol. The fourth-order valence-electron chi connectivity index (χ4n) is 3.92. The van der Waals surface area contributed by atoms with E-state index in [-0.39, 0.29) is 23.0 Å². The van der Waals surface area contributed by atoms with Crippen LogP contribution in [0, 0.1) is 22.9 Å². The number of carbonyl (C=O) groups is 1. The van der Waals surface area contributed by atoms with Crippen molar-refractivity contribution in [1.29, 1.82) is 5.41 Å². The number of H-pyrrole nitrogens is 1. The predicted octanol–water partition coefficient (Wildman–Crippen LogP) is 6.67. The Balaban J connectivity index is 1.52. The summed E-state index contributed by atoms with van der Waals surface area (Å²) in [5, 5.41) is 10.4. The van der Waals surface area contributed by atoms with Gasteiger partial charge in [0.25, 0.3) is 5.91 Å². The molecule has 0 radical (unpaired) electrons. The zero-order valence-corrected chi connectivity index (χ0v) is 19.3. The molecule has 1 heterocycles. The van der Waals surface area contributed by atoms with Crippen molar-refractivity contribution in [3.63, 3.8) is 0 Å². The zero-order chi connectivity index (χ0) is 25.7. The third-order valence-corrected chi connectivity index (χ3v) is 5.88. The molecule has 36 heavy (non-hydrogen) atoms. The number of hydrogen-bond donors (Lipinski definition) is 3. The maximum atomic E-state index is 13.7. The highest BCUT2D eigenvalue weighted by atomic mass is 19.2. The first-order valence-corrected chi connectivity index (χ1v) is 11.5. The largest absolute Gasteiger partial charge is 0.342 e. The molecular weight excluding hydrogens is 472 g/mol. The third kappa shape index (κ3) is 5.97. The van der Waals surface area contributed by atoms with Gasteiger partial charge in [0, 0.05) is 23.4 Å². The van der Waals surface area contributed by atoms with E-state index < -0.39 is 24.4 Å². The van der Waals surface area contributed by atoms with Crippen LogP contribution in [0.3, 0.4) is 0 Å². The number of halogens is 4. The Bertz CT molecular complexity index is 1330. The molecule has 0 unspecified atom stereocenters. The number of rotatable bonds is 10. The summed E-state index contributed by atoms with van der Waals surface area (Å²) in [6.07, 6.45) is 1.84. The summed E-state index contributed by atoms with van der Waals surface area (Å²) in [6, 6.07) is 14.2. The van der Waals surface area contributed by atoms with Crippen LogP contribution in [0.25, 0.3) is 22.2 Å². The van der Waals surface area contributed by atoms with Crippen LogP contribution >= 0.6 is 0 Å². The summed E-state index contributed by atoms with van der Waals surface area (Å²) in [7, 11) is 0. The minimum Gasteiger partial charge on any atom is -0.342 e. The molecule has 0 aliphatic heterocycles. The Hall–Kier alpha value is -4.01. The molecule has 3 N–H and O–H groups in total. The number of fused-ring (bicyclic) bond motifs is 1. The van der Waals surface area contributed by atoms with Crippen molar-refractivity contribution in [3.8, 4) is 11.1 Å². The van der Waals surface area contributed by atoms with Crippen molar-refractivity contribution in [2.45, 2.75) is 31.7 Å². The molecule has 1 atom stereocenters. The number of amides is 1. The number of hydrogen-bond acceptors (Lipinski definition) is 3. The van der Waals surface area contributed by atoms with Crippen LogP contribution in [0.1, 0.15) is 47.9 Å². The van der Waals surface area contributed by atoms with Gasteiger partial charge in [-0.3, -0.25) is 4.79 Å².